The van der Waals surface area contributed by atoms with Crippen molar-refractivity contribution in [1.29, 1.82) is 0 Å². The van der Waals surface area contributed by atoms with Crippen molar-refractivity contribution in [3.8, 4) is 22.3 Å². The number of halogens is 1. The second-order valence-electron chi connectivity index (χ2n) is 19.9. The third-order valence-corrected chi connectivity index (χ3v) is 13.4. The molecule has 1 N–H and O–H groups in total. The van der Waals surface area contributed by atoms with E-state index in [9.17, 15) is 0 Å². The van der Waals surface area contributed by atoms with E-state index in [0.29, 0.717) is 5.02 Å². The summed E-state index contributed by atoms with van der Waals surface area (Å²) in [6, 6.07) is 47.1. The third-order valence-electron chi connectivity index (χ3n) is 12.1. The summed E-state index contributed by atoms with van der Waals surface area (Å²) in [4.78, 5) is 2.34. The van der Waals surface area contributed by atoms with Gasteiger partial charge in [-0.3, -0.25) is 0 Å². The molecule has 0 saturated heterocycles. The number of hydrogen-bond acceptors (Lipinski definition) is 3. The molecule has 59 heavy (non-hydrogen) atoms. The number of anilines is 5. The van der Waals surface area contributed by atoms with Gasteiger partial charge in [-0.25, -0.2) is 0 Å². The standard InChI is InChI=1S/C55H61ClN2S/c1-13-55(11,12)40-25-29-43(30-26-40)58(49-35-59-50-32-27-41(33-46(49)50)54(8,9)10)48-16-14-15-47(51(48)56)57-42-28-31-44(36-17-21-38(22-18-36)52(2,3)4)45(34-42)37-19-23-39(24-20-37)53(5,6)7/h14-35,57H,13H2,1-12H3. The van der Waals surface area contributed by atoms with Crippen LogP contribution in [0.5, 0.6) is 0 Å². The average Bonchev–Trinajstić information content (AvgIpc) is 3.61. The van der Waals surface area contributed by atoms with Crippen LogP contribution in [-0.4, -0.2) is 0 Å². The van der Waals surface area contributed by atoms with Gasteiger partial charge < -0.3 is 10.2 Å². The van der Waals surface area contributed by atoms with E-state index in [4.69, 9.17) is 11.6 Å². The van der Waals surface area contributed by atoms with E-state index in [-0.39, 0.29) is 21.7 Å². The average molecular weight is 818 g/mol. The molecule has 0 atom stereocenters. The highest BCUT2D eigenvalue weighted by Crippen LogP contribution is 2.48. The number of nitrogens with one attached hydrogen (secondary N) is 1. The first-order valence-corrected chi connectivity index (χ1v) is 22.3. The van der Waals surface area contributed by atoms with Gasteiger partial charge in [0.05, 0.1) is 22.1 Å². The van der Waals surface area contributed by atoms with Crippen LogP contribution in [0.15, 0.2) is 133 Å². The zero-order valence-corrected chi connectivity index (χ0v) is 38.7. The van der Waals surface area contributed by atoms with Crippen molar-refractivity contribution >= 4 is 61.5 Å². The molecule has 0 unspecified atom stereocenters. The number of rotatable bonds is 9. The molecule has 0 aliphatic heterocycles. The number of fused-ring (bicyclic) bond motifs is 1. The van der Waals surface area contributed by atoms with Crippen LogP contribution in [0.25, 0.3) is 32.3 Å². The van der Waals surface area contributed by atoms with Crippen LogP contribution in [-0.2, 0) is 21.7 Å². The lowest BCUT2D eigenvalue weighted by atomic mass is 9.82. The Morgan fingerprint density at radius 2 is 1.08 bits per heavy atom. The van der Waals surface area contributed by atoms with Crippen LogP contribution >= 0.6 is 22.9 Å². The second-order valence-corrected chi connectivity index (χ2v) is 21.2. The minimum Gasteiger partial charge on any atom is -0.354 e. The van der Waals surface area contributed by atoms with Crippen molar-refractivity contribution in [3.63, 3.8) is 0 Å². The normalized spacial score (nSPS) is 12.6. The summed E-state index contributed by atoms with van der Waals surface area (Å²) < 4.78 is 1.25. The van der Waals surface area contributed by atoms with Gasteiger partial charge >= 0.3 is 0 Å². The summed E-state index contributed by atoms with van der Waals surface area (Å²) in [6.07, 6.45) is 1.06. The summed E-state index contributed by atoms with van der Waals surface area (Å²) in [5.41, 5.74) is 15.2. The number of hydrogen-bond donors (Lipinski definition) is 1. The molecular formula is C55H61ClN2S. The van der Waals surface area contributed by atoms with Gasteiger partial charge in [-0.15, -0.1) is 11.3 Å². The summed E-state index contributed by atoms with van der Waals surface area (Å²) in [5, 5.41) is 7.93. The fourth-order valence-electron chi connectivity index (χ4n) is 7.69. The van der Waals surface area contributed by atoms with Crippen LogP contribution in [0.4, 0.5) is 28.4 Å². The molecule has 1 heterocycles. The quantitative estimate of drug-likeness (QED) is 0.156. The van der Waals surface area contributed by atoms with Crippen LogP contribution in [0.2, 0.25) is 5.02 Å². The van der Waals surface area contributed by atoms with E-state index in [1.54, 1.807) is 11.3 Å². The van der Waals surface area contributed by atoms with Gasteiger partial charge in [0, 0.05) is 26.8 Å². The monoisotopic (exact) mass is 816 g/mol. The topological polar surface area (TPSA) is 15.3 Å². The molecule has 0 amide bonds. The maximum absolute atomic E-state index is 7.60. The van der Waals surface area contributed by atoms with Crippen LogP contribution < -0.4 is 10.2 Å². The molecule has 0 spiro atoms. The molecule has 6 aromatic carbocycles. The van der Waals surface area contributed by atoms with Crippen molar-refractivity contribution < 1.29 is 0 Å². The largest absolute Gasteiger partial charge is 0.354 e. The minimum atomic E-state index is 0.0198. The van der Waals surface area contributed by atoms with Crippen LogP contribution in [0, 0.1) is 0 Å². The first-order valence-electron chi connectivity index (χ1n) is 21.1. The van der Waals surface area contributed by atoms with E-state index in [0.717, 1.165) is 34.9 Å². The Balaban J connectivity index is 1.34. The van der Waals surface area contributed by atoms with Crippen molar-refractivity contribution in [1.82, 2.24) is 0 Å². The predicted octanol–water partition coefficient (Wildman–Crippen LogP) is 17.7. The van der Waals surface area contributed by atoms with Gasteiger partial charge in [0.25, 0.3) is 0 Å². The molecule has 1 aromatic heterocycles. The summed E-state index contributed by atoms with van der Waals surface area (Å²) >= 11 is 9.37. The highest BCUT2D eigenvalue weighted by Gasteiger charge is 2.25. The van der Waals surface area contributed by atoms with Crippen LogP contribution in [0.3, 0.4) is 0 Å². The zero-order valence-electron chi connectivity index (χ0n) is 37.1. The molecule has 0 aliphatic carbocycles. The SMILES string of the molecule is CCC(C)(C)c1ccc(N(c2cccc(Nc3ccc(-c4ccc(C(C)(C)C)cc4)c(-c4ccc(C(C)(C)C)cc4)c3)c2Cl)c2csc3ccc(C(C)(C)C)cc23)cc1. The Morgan fingerprint density at radius 3 is 1.64 bits per heavy atom. The van der Waals surface area contributed by atoms with E-state index >= 15 is 0 Å². The Labute approximate surface area is 363 Å². The zero-order chi connectivity index (χ0) is 42.5. The highest BCUT2D eigenvalue weighted by atomic mass is 35.5. The van der Waals surface area contributed by atoms with Crippen molar-refractivity contribution in [3.05, 3.63) is 160 Å². The molecule has 0 radical (unpaired) electrons. The van der Waals surface area contributed by atoms with E-state index < -0.39 is 0 Å². The fourth-order valence-corrected chi connectivity index (χ4v) is 8.85. The van der Waals surface area contributed by atoms with Crippen LogP contribution in [0.1, 0.15) is 112 Å². The molecule has 0 aliphatic rings. The highest BCUT2D eigenvalue weighted by molar-refractivity contribution is 7.17. The smallest absolute Gasteiger partial charge is 0.0881 e. The van der Waals surface area contributed by atoms with Gasteiger partial charge in [0.15, 0.2) is 0 Å². The lowest BCUT2D eigenvalue weighted by Gasteiger charge is -2.29. The Hall–Kier alpha value is -4.83. The molecule has 7 aromatic rings. The number of nitrogens with zero attached hydrogens (tertiary/aromatic N) is 1. The first kappa shape index (κ1) is 42.3. The number of benzene rings is 6. The maximum atomic E-state index is 7.60. The van der Waals surface area contributed by atoms with Gasteiger partial charge in [-0.1, -0.05) is 174 Å². The van der Waals surface area contributed by atoms with Gasteiger partial charge in [-0.05, 0) is 121 Å². The van der Waals surface area contributed by atoms with Crippen molar-refractivity contribution in [2.24, 2.45) is 0 Å². The van der Waals surface area contributed by atoms with E-state index in [2.05, 4.69) is 226 Å². The second kappa shape index (κ2) is 16.0. The van der Waals surface area contributed by atoms with Gasteiger partial charge in [0.2, 0.25) is 0 Å². The lowest BCUT2D eigenvalue weighted by molar-refractivity contribution is 0.506. The Morgan fingerprint density at radius 1 is 0.542 bits per heavy atom. The third kappa shape index (κ3) is 8.89. The summed E-state index contributed by atoms with van der Waals surface area (Å²) in [5.74, 6) is 0. The van der Waals surface area contributed by atoms with Gasteiger partial charge in [-0.2, -0.15) is 0 Å². The van der Waals surface area contributed by atoms with E-state index in [1.165, 1.54) is 54.6 Å². The van der Waals surface area contributed by atoms with Gasteiger partial charge in [0.1, 0.15) is 0 Å². The molecule has 304 valence electrons. The molecular weight excluding hydrogens is 756 g/mol. The Bertz CT molecular complexity index is 2570. The lowest BCUT2D eigenvalue weighted by Crippen LogP contribution is -2.16. The fraction of sp³-hybridized carbons (Fsp3) is 0.309. The predicted molar refractivity (Wildman–Crippen MR) is 262 cm³/mol. The minimum absolute atomic E-state index is 0.0198. The van der Waals surface area contributed by atoms with E-state index in [1.807, 2.05) is 0 Å². The van der Waals surface area contributed by atoms with Crippen molar-refractivity contribution in [2.45, 2.75) is 111 Å². The summed E-state index contributed by atoms with van der Waals surface area (Å²) in [6.45, 7) is 27.3. The summed E-state index contributed by atoms with van der Waals surface area (Å²) in [7, 11) is 0. The molecule has 4 heteroatoms. The first-order chi connectivity index (χ1) is 27.7. The van der Waals surface area contributed by atoms with Crippen molar-refractivity contribution in [2.75, 3.05) is 10.2 Å². The molecule has 2 nitrogen and oxygen atoms in total. The maximum Gasteiger partial charge on any atom is 0.0881 e. The molecule has 7 rings (SSSR count). The molecule has 0 bridgehead atoms. The number of thiophene rings is 1. The molecule has 0 saturated carbocycles. The Kier molecular flexibility index (Phi) is 11.5. The molecule has 0 fully saturated rings.